The van der Waals surface area contributed by atoms with Crippen LogP contribution in [-0.2, 0) is 11.8 Å². The number of imidazole rings is 1. The van der Waals surface area contributed by atoms with Gasteiger partial charge in [-0.05, 0) is 0 Å². The molecule has 0 N–H and O–H groups in total. The van der Waals surface area contributed by atoms with Crippen LogP contribution in [0.2, 0.25) is 0 Å². The zero-order valence-corrected chi connectivity index (χ0v) is 7.20. The van der Waals surface area contributed by atoms with Gasteiger partial charge in [-0.1, -0.05) is 0 Å². The highest BCUT2D eigenvalue weighted by molar-refractivity contribution is 5.00. The molecule has 1 saturated heterocycles. The second-order valence-corrected chi connectivity index (χ2v) is 3.23. The van der Waals surface area contributed by atoms with Gasteiger partial charge in [0.1, 0.15) is 5.82 Å². The molecule has 0 spiro atoms. The van der Waals surface area contributed by atoms with E-state index in [0.29, 0.717) is 13.2 Å². The van der Waals surface area contributed by atoms with Gasteiger partial charge in [0.15, 0.2) is 6.17 Å². The van der Waals surface area contributed by atoms with E-state index < -0.39 is 12.1 Å². The maximum Gasteiger partial charge on any atom is 0.231 e. The summed E-state index contributed by atoms with van der Waals surface area (Å²) in [6, 6.07) is 0. The van der Waals surface area contributed by atoms with Crippen LogP contribution in [0.5, 0.6) is 0 Å². The van der Waals surface area contributed by atoms with Crippen LogP contribution in [0.3, 0.4) is 0 Å². The third-order valence-corrected chi connectivity index (χ3v) is 2.21. The third-order valence-electron chi connectivity index (χ3n) is 2.21. The molecule has 1 aromatic heterocycles. The molecule has 0 amide bonds. The summed E-state index contributed by atoms with van der Waals surface area (Å²) in [5.74, 6) is -0.660. The molecular weight excluding hydrogens is 178 g/mol. The normalized spacial score (nSPS) is 19.9. The Kier molecular flexibility index (Phi) is 2.03. The van der Waals surface area contributed by atoms with E-state index in [0.717, 1.165) is 0 Å². The zero-order valence-electron chi connectivity index (χ0n) is 7.20. The average Bonchev–Trinajstić information content (AvgIpc) is 2.26. The fourth-order valence-corrected chi connectivity index (χ4v) is 1.33. The monoisotopic (exact) mass is 188 g/mol. The van der Waals surface area contributed by atoms with Crippen LogP contribution in [0.15, 0.2) is 6.20 Å². The molecule has 5 heteroatoms. The fourth-order valence-electron chi connectivity index (χ4n) is 1.33. The molecule has 1 aliphatic heterocycles. The molecule has 0 aliphatic carbocycles. The number of nitrogens with zero attached hydrogens (tertiary/aromatic N) is 2. The third kappa shape index (κ3) is 1.44. The summed E-state index contributed by atoms with van der Waals surface area (Å²) in [6.45, 7) is 0.797. The van der Waals surface area contributed by atoms with Crippen molar-refractivity contribution < 1.29 is 13.5 Å². The second kappa shape index (κ2) is 3.06. The van der Waals surface area contributed by atoms with Crippen molar-refractivity contribution in [3.63, 3.8) is 0 Å². The Labute approximate surface area is 74.3 Å². The highest BCUT2D eigenvalue weighted by atomic mass is 19.1. The second-order valence-electron chi connectivity index (χ2n) is 3.23. The summed E-state index contributed by atoms with van der Waals surface area (Å²) in [6.07, 6.45) is -0.0511. The van der Waals surface area contributed by atoms with Crippen LogP contribution < -0.4 is 0 Å². The quantitative estimate of drug-likeness (QED) is 0.697. The number of rotatable bonds is 2. The van der Waals surface area contributed by atoms with Crippen molar-refractivity contribution in [1.29, 1.82) is 0 Å². The van der Waals surface area contributed by atoms with Gasteiger partial charge in [0.2, 0.25) is 5.95 Å². The number of aromatic nitrogens is 2. The number of aryl methyl sites for hydroxylation is 1. The largest absolute Gasteiger partial charge is 0.380 e. The molecule has 1 atom stereocenters. The number of hydrogen-bond acceptors (Lipinski definition) is 2. The number of halogens is 2. The smallest absolute Gasteiger partial charge is 0.231 e. The molecule has 2 heterocycles. The van der Waals surface area contributed by atoms with E-state index >= 15 is 0 Å². The van der Waals surface area contributed by atoms with E-state index in [1.807, 2.05) is 0 Å². The summed E-state index contributed by atoms with van der Waals surface area (Å²) in [5.41, 5.74) is 0. The van der Waals surface area contributed by atoms with Crippen molar-refractivity contribution in [3.05, 3.63) is 18.0 Å². The van der Waals surface area contributed by atoms with E-state index in [2.05, 4.69) is 4.98 Å². The van der Waals surface area contributed by atoms with Crippen molar-refractivity contribution >= 4 is 0 Å². The maximum absolute atomic E-state index is 13.5. The predicted molar refractivity (Wildman–Crippen MR) is 41.3 cm³/mol. The van der Waals surface area contributed by atoms with E-state index in [-0.39, 0.29) is 11.7 Å². The van der Waals surface area contributed by atoms with Crippen molar-refractivity contribution in [2.75, 3.05) is 13.2 Å². The minimum atomic E-state index is -1.22. The van der Waals surface area contributed by atoms with Crippen molar-refractivity contribution in [3.8, 4) is 0 Å². The molecular formula is C8H10F2N2O. The van der Waals surface area contributed by atoms with E-state index in [1.165, 1.54) is 10.8 Å². The summed E-state index contributed by atoms with van der Waals surface area (Å²) >= 11 is 0. The SMILES string of the molecule is Cn1cc(F)nc1[C@H](F)C1COC1. The lowest BCUT2D eigenvalue weighted by atomic mass is 10.0. The lowest BCUT2D eigenvalue weighted by Crippen LogP contribution is -2.32. The predicted octanol–water partition coefficient (Wildman–Crippen LogP) is 1.22. The molecule has 0 aromatic carbocycles. The van der Waals surface area contributed by atoms with Crippen molar-refractivity contribution in [2.45, 2.75) is 6.17 Å². The molecule has 1 aliphatic rings. The van der Waals surface area contributed by atoms with Crippen LogP contribution in [0.25, 0.3) is 0 Å². The van der Waals surface area contributed by atoms with Crippen LogP contribution in [-0.4, -0.2) is 22.8 Å². The molecule has 0 unspecified atom stereocenters. The van der Waals surface area contributed by atoms with Crippen LogP contribution in [0.4, 0.5) is 8.78 Å². The summed E-state index contributed by atoms with van der Waals surface area (Å²) in [7, 11) is 1.58. The van der Waals surface area contributed by atoms with Gasteiger partial charge < -0.3 is 9.30 Å². The Morgan fingerprint density at radius 2 is 2.38 bits per heavy atom. The van der Waals surface area contributed by atoms with Crippen LogP contribution >= 0.6 is 0 Å². The fraction of sp³-hybridized carbons (Fsp3) is 0.625. The Bertz CT molecular complexity index is 309. The Hall–Kier alpha value is -0.970. The highest BCUT2D eigenvalue weighted by Crippen LogP contribution is 2.30. The van der Waals surface area contributed by atoms with Crippen LogP contribution in [0.1, 0.15) is 12.0 Å². The van der Waals surface area contributed by atoms with Gasteiger partial charge in [0, 0.05) is 13.0 Å². The van der Waals surface area contributed by atoms with Crippen LogP contribution in [0, 0.1) is 11.9 Å². The van der Waals surface area contributed by atoms with Gasteiger partial charge in [-0.3, -0.25) is 0 Å². The molecule has 0 radical (unpaired) electrons. The summed E-state index contributed by atoms with van der Waals surface area (Å²) in [4.78, 5) is 3.48. The van der Waals surface area contributed by atoms with Gasteiger partial charge in [-0.25, -0.2) is 9.37 Å². The lowest BCUT2D eigenvalue weighted by Gasteiger charge is -2.28. The Morgan fingerprint density at radius 3 is 2.77 bits per heavy atom. The van der Waals surface area contributed by atoms with E-state index in [9.17, 15) is 8.78 Å². The van der Waals surface area contributed by atoms with E-state index in [1.54, 1.807) is 7.05 Å². The number of hydrogen-bond donors (Lipinski definition) is 0. The summed E-state index contributed by atoms with van der Waals surface area (Å²) < 4.78 is 32.4. The first-order valence-corrected chi connectivity index (χ1v) is 4.09. The molecule has 72 valence electrons. The van der Waals surface area contributed by atoms with Gasteiger partial charge in [0.25, 0.3) is 0 Å². The zero-order chi connectivity index (χ0) is 9.42. The molecule has 3 nitrogen and oxygen atoms in total. The first-order valence-electron chi connectivity index (χ1n) is 4.09. The number of alkyl halides is 1. The van der Waals surface area contributed by atoms with Crippen molar-refractivity contribution in [1.82, 2.24) is 9.55 Å². The summed E-state index contributed by atoms with van der Waals surface area (Å²) in [5, 5.41) is 0. The molecule has 13 heavy (non-hydrogen) atoms. The van der Waals surface area contributed by atoms with E-state index in [4.69, 9.17) is 4.74 Å². The van der Waals surface area contributed by atoms with Gasteiger partial charge in [-0.15, -0.1) is 0 Å². The Balaban J connectivity index is 2.18. The minimum Gasteiger partial charge on any atom is -0.380 e. The minimum absolute atomic E-state index is 0.144. The topological polar surface area (TPSA) is 27.1 Å². The first kappa shape index (κ1) is 8.62. The lowest BCUT2D eigenvalue weighted by molar-refractivity contribution is -0.0717. The van der Waals surface area contributed by atoms with Crippen molar-refractivity contribution in [2.24, 2.45) is 13.0 Å². The van der Waals surface area contributed by atoms with Gasteiger partial charge in [-0.2, -0.15) is 4.39 Å². The molecule has 1 aromatic rings. The molecule has 1 fully saturated rings. The molecule has 0 saturated carbocycles. The van der Waals surface area contributed by atoms with Gasteiger partial charge >= 0.3 is 0 Å². The maximum atomic E-state index is 13.5. The highest BCUT2D eigenvalue weighted by Gasteiger charge is 2.32. The number of ether oxygens (including phenoxy) is 1. The Morgan fingerprint density at radius 1 is 1.69 bits per heavy atom. The standard InChI is InChI=1S/C8H10F2N2O/c1-12-2-6(9)11-8(12)7(10)5-3-13-4-5/h2,5,7H,3-4H2,1H3/t7-/m1/s1. The molecule has 0 bridgehead atoms. The molecule has 2 rings (SSSR count). The van der Waals surface area contributed by atoms with Gasteiger partial charge in [0.05, 0.1) is 19.4 Å². The average molecular weight is 188 g/mol. The first-order chi connectivity index (χ1) is 6.18.